The van der Waals surface area contributed by atoms with Gasteiger partial charge < -0.3 is 5.84 Å². The van der Waals surface area contributed by atoms with Crippen LogP contribution in [0.4, 0.5) is 18.9 Å². The van der Waals surface area contributed by atoms with Gasteiger partial charge in [0.2, 0.25) is 5.16 Å². The molecule has 0 saturated heterocycles. The quantitative estimate of drug-likeness (QED) is 0.524. The number of aryl methyl sites for hydroxylation is 1. The van der Waals surface area contributed by atoms with Gasteiger partial charge in [0.25, 0.3) is 5.69 Å². The van der Waals surface area contributed by atoms with Crippen LogP contribution in [0.2, 0.25) is 0 Å². The Morgan fingerprint density at radius 3 is 2.59 bits per heavy atom. The van der Waals surface area contributed by atoms with Gasteiger partial charge in [-0.1, -0.05) is 6.92 Å². The van der Waals surface area contributed by atoms with E-state index in [1.54, 1.807) is 6.92 Å². The van der Waals surface area contributed by atoms with Gasteiger partial charge >= 0.3 is 6.18 Å². The van der Waals surface area contributed by atoms with E-state index in [1.165, 1.54) is 0 Å². The molecule has 1 aromatic heterocycles. The number of hydrogen-bond acceptors (Lipinski definition) is 6. The van der Waals surface area contributed by atoms with Gasteiger partial charge in [0.15, 0.2) is 5.82 Å². The Morgan fingerprint density at radius 2 is 2.09 bits per heavy atom. The van der Waals surface area contributed by atoms with Crippen molar-refractivity contribution in [1.82, 2.24) is 14.9 Å². The number of nitrogen functional groups attached to an aromatic ring is 1. The zero-order valence-electron chi connectivity index (χ0n) is 11.2. The number of aromatic nitrogens is 3. The molecule has 7 nitrogen and oxygen atoms in total. The summed E-state index contributed by atoms with van der Waals surface area (Å²) >= 11 is 0.780. The number of rotatable bonds is 4. The van der Waals surface area contributed by atoms with E-state index in [-0.39, 0.29) is 10.1 Å². The normalized spacial score (nSPS) is 11.6. The van der Waals surface area contributed by atoms with Gasteiger partial charge in [0.1, 0.15) is 0 Å². The van der Waals surface area contributed by atoms with E-state index in [9.17, 15) is 23.3 Å². The van der Waals surface area contributed by atoms with E-state index in [0.717, 1.165) is 28.6 Å². The molecule has 0 amide bonds. The Hall–Kier alpha value is -2.30. The molecule has 0 unspecified atom stereocenters. The number of hydrogen-bond donors (Lipinski definition) is 1. The molecule has 0 aliphatic rings. The second-order valence-electron chi connectivity index (χ2n) is 4.16. The van der Waals surface area contributed by atoms with Gasteiger partial charge in [-0.15, -0.1) is 10.2 Å². The summed E-state index contributed by atoms with van der Waals surface area (Å²) in [6.07, 6.45) is -4.16. The number of halogens is 3. The molecular weight excluding hydrogens is 323 g/mol. The lowest BCUT2D eigenvalue weighted by Gasteiger charge is -2.08. The van der Waals surface area contributed by atoms with Crippen molar-refractivity contribution >= 4 is 17.4 Å². The summed E-state index contributed by atoms with van der Waals surface area (Å²) < 4.78 is 39.0. The molecule has 0 saturated carbocycles. The van der Waals surface area contributed by atoms with Crippen molar-refractivity contribution in [2.75, 3.05) is 5.84 Å². The molecule has 0 spiro atoms. The minimum Gasteiger partial charge on any atom is -0.336 e. The van der Waals surface area contributed by atoms with E-state index < -0.39 is 22.4 Å². The largest absolute Gasteiger partial charge is 0.416 e. The average Bonchev–Trinajstić information content (AvgIpc) is 2.78. The van der Waals surface area contributed by atoms with Crippen molar-refractivity contribution < 1.29 is 18.1 Å². The smallest absolute Gasteiger partial charge is 0.336 e. The summed E-state index contributed by atoms with van der Waals surface area (Å²) in [6.45, 7) is 1.79. The van der Waals surface area contributed by atoms with Crippen LogP contribution in [-0.2, 0) is 12.6 Å². The lowest BCUT2D eigenvalue weighted by atomic mass is 10.2. The van der Waals surface area contributed by atoms with Crippen molar-refractivity contribution in [3.63, 3.8) is 0 Å². The van der Waals surface area contributed by atoms with Gasteiger partial charge in [0, 0.05) is 12.5 Å². The monoisotopic (exact) mass is 333 g/mol. The molecule has 2 aromatic rings. The summed E-state index contributed by atoms with van der Waals surface area (Å²) in [7, 11) is 0. The number of alkyl halides is 3. The van der Waals surface area contributed by atoms with E-state index in [1.807, 2.05) is 0 Å². The molecule has 1 aromatic carbocycles. The van der Waals surface area contributed by atoms with E-state index >= 15 is 0 Å². The van der Waals surface area contributed by atoms with Crippen LogP contribution in [0.25, 0.3) is 0 Å². The molecule has 0 radical (unpaired) electrons. The number of nitro groups is 1. The van der Waals surface area contributed by atoms with Gasteiger partial charge in [-0.3, -0.25) is 10.1 Å². The fourth-order valence-corrected chi connectivity index (χ4v) is 2.50. The lowest BCUT2D eigenvalue weighted by Crippen LogP contribution is -2.13. The third-order valence-corrected chi connectivity index (χ3v) is 3.76. The van der Waals surface area contributed by atoms with Gasteiger partial charge in [0.05, 0.1) is 15.4 Å². The summed E-state index contributed by atoms with van der Waals surface area (Å²) in [6, 6.07) is 2.28. The zero-order chi connectivity index (χ0) is 16.5. The fraction of sp³-hybridized carbons (Fsp3) is 0.273. The molecule has 0 atom stereocenters. The van der Waals surface area contributed by atoms with Crippen molar-refractivity contribution in [3.8, 4) is 0 Å². The maximum Gasteiger partial charge on any atom is 0.416 e. The maximum atomic E-state index is 12.6. The Morgan fingerprint density at radius 1 is 1.41 bits per heavy atom. The van der Waals surface area contributed by atoms with Crippen LogP contribution in [-0.4, -0.2) is 19.8 Å². The highest BCUT2D eigenvalue weighted by atomic mass is 32.2. The van der Waals surface area contributed by atoms with Crippen molar-refractivity contribution in [2.24, 2.45) is 0 Å². The van der Waals surface area contributed by atoms with Crippen molar-refractivity contribution in [3.05, 3.63) is 39.7 Å². The second kappa shape index (κ2) is 5.83. The van der Waals surface area contributed by atoms with Crippen LogP contribution in [0, 0.1) is 10.1 Å². The molecule has 1 heterocycles. The number of benzene rings is 1. The Labute approximate surface area is 126 Å². The highest BCUT2D eigenvalue weighted by Crippen LogP contribution is 2.38. The minimum absolute atomic E-state index is 0.000229. The SMILES string of the molecule is CCc1nnc(Sc2ccc(C(F)(F)F)cc2[N+](=O)[O-])n1N. The Bertz CT molecular complexity index is 716. The van der Waals surface area contributed by atoms with Crippen molar-refractivity contribution in [2.45, 2.75) is 29.6 Å². The third kappa shape index (κ3) is 3.13. The van der Waals surface area contributed by atoms with Crippen molar-refractivity contribution in [1.29, 1.82) is 0 Å². The summed E-state index contributed by atoms with van der Waals surface area (Å²) in [5, 5.41) is 18.7. The zero-order valence-corrected chi connectivity index (χ0v) is 12.0. The molecule has 118 valence electrons. The highest BCUT2D eigenvalue weighted by Gasteiger charge is 2.33. The van der Waals surface area contributed by atoms with Gasteiger partial charge in [-0.05, 0) is 23.9 Å². The second-order valence-corrected chi connectivity index (χ2v) is 5.17. The number of nitrogens with two attached hydrogens (primary N) is 1. The highest BCUT2D eigenvalue weighted by molar-refractivity contribution is 7.99. The average molecular weight is 333 g/mol. The first-order valence-corrected chi connectivity index (χ1v) is 6.78. The predicted molar refractivity (Wildman–Crippen MR) is 71.8 cm³/mol. The maximum absolute atomic E-state index is 12.6. The molecule has 0 bridgehead atoms. The van der Waals surface area contributed by atoms with Crippen LogP contribution >= 0.6 is 11.8 Å². The first kappa shape index (κ1) is 16.1. The number of nitrogens with zero attached hydrogens (tertiary/aromatic N) is 4. The standard InChI is InChI=1S/C11H10F3N5O2S/c1-2-9-16-17-10(18(9)15)22-8-4-3-6(11(12,13)14)5-7(8)19(20)21/h3-5H,2,15H2,1H3. The third-order valence-electron chi connectivity index (χ3n) is 2.74. The molecule has 22 heavy (non-hydrogen) atoms. The van der Waals surface area contributed by atoms with E-state index in [0.29, 0.717) is 18.3 Å². The molecule has 2 N–H and O–H groups in total. The predicted octanol–water partition coefficient (Wildman–Crippen LogP) is 2.63. The Kier molecular flexibility index (Phi) is 4.26. The van der Waals surface area contributed by atoms with Crippen LogP contribution in [0.1, 0.15) is 18.3 Å². The van der Waals surface area contributed by atoms with Crippen LogP contribution in [0.3, 0.4) is 0 Å². The fourth-order valence-electron chi connectivity index (χ4n) is 1.64. The molecule has 0 aliphatic heterocycles. The van der Waals surface area contributed by atoms with Crippen LogP contribution in [0.5, 0.6) is 0 Å². The number of nitro benzene ring substituents is 1. The van der Waals surface area contributed by atoms with Crippen LogP contribution < -0.4 is 5.84 Å². The molecule has 0 fully saturated rings. The summed E-state index contributed by atoms with van der Waals surface area (Å²) in [5.41, 5.74) is -1.76. The first-order valence-electron chi connectivity index (χ1n) is 5.97. The lowest BCUT2D eigenvalue weighted by molar-refractivity contribution is -0.388. The van der Waals surface area contributed by atoms with E-state index in [4.69, 9.17) is 5.84 Å². The van der Waals surface area contributed by atoms with Gasteiger partial charge in [-0.2, -0.15) is 13.2 Å². The summed E-state index contributed by atoms with van der Waals surface area (Å²) in [5.74, 6) is 6.16. The Balaban J connectivity index is 2.42. The molecule has 0 aliphatic carbocycles. The first-order chi connectivity index (χ1) is 10.2. The van der Waals surface area contributed by atoms with Crippen LogP contribution in [0.15, 0.2) is 28.3 Å². The minimum atomic E-state index is -4.66. The molecular formula is C11H10F3N5O2S. The molecule has 11 heteroatoms. The van der Waals surface area contributed by atoms with E-state index in [2.05, 4.69) is 10.2 Å². The summed E-state index contributed by atoms with van der Waals surface area (Å²) in [4.78, 5) is 10.1. The molecule has 2 rings (SSSR count). The topological polar surface area (TPSA) is 99.9 Å². The van der Waals surface area contributed by atoms with Gasteiger partial charge in [-0.25, -0.2) is 4.68 Å².